The first-order chi connectivity index (χ1) is 20.0. The van der Waals surface area contributed by atoms with E-state index in [1.807, 2.05) is 25.1 Å². The van der Waals surface area contributed by atoms with Crippen molar-refractivity contribution >= 4 is 22.8 Å². The summed E-state index contributed by atoms with van der Waals surface area (Å²) < 4.78 is 23.2. The number of hydrogen-bond acceptors (Lipinski definition) is 7. The summed E-state index contributed by atoms with van der Waals surface area (Å²) in [7, 11) is 3.26. The monoisotopic (exact) mass is 561 g/mol. The highest BCUT2D eigenvalue weighted by Crippen LogP contribution is 2.46. The molecule has 4 bridgehead atoms. The second kappa shape index (κ2) is 11.6. The van der Waals surface area contributed by atoms with Gasteiger partial charge in [0.1, 0.15) is 11.3 Å². The summed E-state index contributed by atoms with van der Waals surface area (Å²) in [6, 6.07) is 12.5. The van der Waals surface area contributed by atoms with Crippen molar-refractivity contribution < 1.29 is 28.2 Å². The predicted molar refractivity (Wildman–Crippen MR) is 155 cm³/mol. The van der Waals surface area contributed by atoms with Crippen LogP contribution in [0.15, 0.2) is 40.8 Å². The number of carbonyl (C=O) groups is 2. The van der Waals surface area contributed by atoms with Crippen LogP contribution in [0.4, 0.5) is 0 Å². The molecular formula is C32H39N3O6. The molecule has 2 amide bonds. The van der Waals surface area contributed by atoms with Gasteiger partial charge in [-0.15, -0.1) is 0 Å². The van der Waals surface area contributed by atoms with E-state index in [2.05, 4.69) is 22.3 Å². The zero-order valence-electron chi connectivity index (χ0n) is 24.1. The van der Waals surface area contributed by atoms with Gasteiger partial charge in [0, 0.05) is 42.2 Å². The van der Waals surface area contributed by atoms with Crippen molar-refractivity contribution in [3.63, 3.8) is 0 Å². The van der Waals surface area contributed by atoms with Gasteiger partial charge in [-0.3, -0.25) is 14.5 Å². The Labute approximate surface area is 240 Å². The van der Waals surface area contributed by atoms with E-state index >= 15 is 0 Å². The van der Waals surface area contributed by atoms with E-state index in [0.717, 1.165) is 54.7 Å². The zero-order valence-corrected chi connectivity index (χ0v) is 24.1. The molecule has 6 rings (SSSR count). The summed E-state index contributed by atoms with van der Waals surface area (Å²) in [5.41, 5.74) is 2.59. The molecule has 0 radical (unpaired) electrons. The summed E-state index contributed by atoms with van der Waals surface area (Å²) in [6.45, 7) is 4.42. The normalized spacial score (nSPS) is 23.6. The Kier molecular flexibility index (Phi) is 7.79. The molecular weight excluding hydrogens is 522 g/mol. The molecule has 0 unspecified atom stereocenters. The third-order valence-electron chi connectivity index (χ3n) is 8.99. The number of methoxy groups -OCH3 is 2. The number of furan rings is 1. The summed E-state index contributed by atoms with van der Waals surface area (Å²) in [6.07, 6.45) is 4.67. The molecule has 0 aliphatic carbocycles. The Bertz CT molecular complexity index is 1430. The molecule has 2 aromatic carbocycles. The fraction of sp³-hybridized carbons (Fsp3) is 0.500. The topological polar surface area (TPSA) is 93.5 Å². The van der Waals surface area contributed by atoms with Crippen LogP contribution in [0, 0.1) is 12.8 Å². The lowest BCUT2D eigenvalue weighted by Crippen LogP contribution is -2.43. The smallest absolute Gasteiger partial charge is 0.290 e. The number of aryl methyl sites for hydroxylation is 1. The van der Waals surface area contributed by atoms with Crippen molar-refractivity contribution in [2.45, 2.75) is 51.1 Å². The lowest BCUT2D eigenvalue weighted by atomic mass is 9.94. The number of carbonyl (C=O) groups excluding carboxylic acids is 2. The zero-order chi connectivity index (χ0) is 28.5. The highest BCUT2D eigenvalue weighted by atomic mass is 16.5. The van der Waals surface area contributed by atoms with E-state index in [4.69, 9.17) is 18.6 Å². The Balaban J connectivity index is 1.25. The van der Waals surface area contributed by atoms with Crippen LogP contribution in [-0.2, 0) is 4.79 Å². The van der Waals surface area contributed by atoms with E-state index in [-0.39, 0.29) is 24.1 Å². The van der Waals surface area contributed by atoms with Gasteiger partial charge in [-0.05, 0) is 81.3 Å². The quantitative estimate of drug-likeness (QED) is 0.495. The van der Waals surface area contributed by atoms with E-state index < -0.39 is 0 Å². The minimum atomic E-state index is -0.285. The van der Waals surface area contributed by atoms with Gasteiger partial charge in [-0.1, -0.05) is 6.07 Å². The molecule has 3 aliphatic rings. The maximum absolute atomic E-state index is 13.8. The molecule has 2 fully saturated rings. The van der Waals surface area contributed by atoms with Crippen molar-refractivity contribution in [1.82, 2.24) is 15.1 Å². The molecule has 3 aliphatic heterocycles. The molecule has 3 atom stereocenters. The molecule has 1 N–H and O–H groups in total. The van der Waals surface area contributed by atoms with Crippen LogP contribution in [0.1, 0.15) is 59.8 Å². The van der Waals surface area contributed by atoms with Crippen molar-refractivity contribution in [3.05, 3.63) is 53.3 Å². The number of nitrogens with one attached hydrogen (secondary N) is 1. The molecule has 3 aromatic rings. The van der Waals surface area contributed by atoms with E-state index in [0.29, 0.717) is 55.5 Å². The van der Waals surface area contributed by atoms with Gasteiger partial charge in [0.15, 0.2) is 17.3 Å². The lowest BCUT2D eigenvalue weighted by Gasteiger charge is -2.25. The molecule has 9 heteroatoms. The van der Waals surface area contributed by atoms with Crippen molar-refractivity contribution in [2.24, 2.45) is 5.92 Å². The maximum Gasteiger partial charge on any atom is 0.290 e. The number of fused-ring (bicyclic) bond motifs is 9. The Morgan fingerprint density at radius 1 is 1.05 bits per heavy atom. The van der Waals surface area contributed by atoms with Crippen LogP contribution in [0.25, 0.3) is 11.0 Å². The molecule has 218 valence electrons. The van der Waals surface area contributed by atoms with Crippen LogP contribution in [0.3, 0.4) is 0 Å². The Hall–Kier alpha value is -3.72. The second-order valence-corrected chi connectivity index (χ2v) is 11.4. The molecule has 0 spiro atoms. The molecule has 9 nitrogen and oxygen atoms in total. The third-order valence-corrected chi connectivity index (χ3v) is 8.99. The minimum Gasteiger partial charge on any atom is -0.497 e. The summed E-state index contributed by atoms with van der Waals surface area (Å²) >= 11 is 0. The van der Waals surface area contributed by atoms with E-state index in [1.165, 1.54) is 5.56 Å². The van der Waals surface area contributed by atoms with Crippen molar-refractivity contribution in [3.8, 4) is 17.2 Å². The largest absolute Gasteiger partial charge is 0.497 e. The van der Waals surface area contributed by atoms with Gasteiger partial charge in [0.05, 0.1) is 27.4 Å². The highest BCUT2D eigenvalue weighted by Gasteiger charge is 2.44. The molecule has 0 saturated carbocycles. The minimum absolute atomic E-state index is 0.0170. The lowest BCUT2D eigenvalue weighted by molar-refractivity contribution is -0.122. The second-order valence-electron chi connectivity index (χ2n) is 11.4. The fourth-order valence-electron chi connectivity index (χ4n) is 6.84. The molecule has 1 aromatic heterocycles. The van der Waals surface area contributed by atoms with Crippen molar-refractivity contribution in [1.29, 1.82) is 0 Å². The SMILES string of the molecule is COc1ccc2c(C)c(C(=O)N3CCCCOc4cc(ccc4OC)[C@H]4C[C@H](CNC(=O)C3)[C@@H]3CCCN43)oc2c1. The van der Waals surface area contributed by atoms with Gasteiger partial charge in [0.25, 0.3) is 5.91 Å². The van der Waals surface area contributed by atoms with E-state index in [9.17, 15) is 9.59 Å². The molecule has 2 saturated heterocycles. The van der Waals surface area contributed by atoms with E-state index in [1.54, 1.807) is 25.2 Å². The highest BCUT2D eigenvalue weighted by molar-refractivity contribution is 6.00. The van der Waals surface area contributed by atoms with Gasteiger partial charge in [-0.25, -0.2) is 0 Å². The summed E-state index contributed by atoms with van der Waals surface area (Å²) in [4.78, 5) is 31.2. The average molecular weight is 562 g/mol. The van der Waals surface area contributed by atoms with Gasteiger partial charge in [0.2, 0.25) is 5.91 Å². The first kappa shape index (κ1) is 27.4. The Morgan fingerprint density at radius 3 is 2.76 bits per heavy atom. The predicted octanol–water partition coefficient (Wildman–Crippen LogP) is 4.72. The van der Waals surface area contributed by atoms with Crippen molar-refractivity contribution in [2.75, 3.05) is 47.0 Å². The first-order valence-electron chi connectivity index (χ1n) is 14.7. The maximum atomic E-state index is 13.8. The fourth-order valence-corrected chi connectivity index (χ4v) is 6.84. The van der Waals surface area contributed by atoms with Crippen LogP contribution in [0.2, 0.25) is 0 Å². The number of nitrogens with zero attached hydrogens (tertiary/aromatic N) is 2. The Morgan fingerprint density at radius 2 is 1.93 bits per heavy atom. The van der Waals surface area contributed by atoms with Crippen LogP contribution < -0.4 is 19.5 Å². The van der Waals surface area contributed by atoms with Gasteiger partial charge >= 0.3 is 0 Å². The summed E-state index contributed by atoms with van der Waals surface area (Å²) in [5, 5.41) is 4.03. The first-order valence-corrected chi connectivity index (χ1v) is 14.7. The average Bonchev–Trinajstić information content (AvgIpc) is 3.68. The third kappa shape index (κ3) is 5.35. The molecule has 4 heterocycles. The van der Waals surface area contributed by atoms with Gasteiger partial charge < -0.3 is 28.8 Å². The van der Waals surface area contributed by atoms with Crippen LogP contribution in [-0.4, -0.2) is 74.7 Å². The standard InChI is InChI=1S/C32H39N3O6/c1-20-24-10-9-23(38-2)17-28(24)41-31(20)32(37)34-12-4-5-14-40-29-16-21(8-11-27(29)39-3)26-15-22(18-33-30(36)19-34)25-7-6-13-35(25)26/h8-11,16-17,22,25-26H,4-7,12-15,18-19H2,1-3H3,(H,33,36)/t22-,25+,26-/m1/s1. The number of amides is 2. The number of rotatable bonds is 3. The number of ether oxygens (including phenoxy) is 3. The summed E-state index contributed by atoms with van der Waals surface area (Å²) in [5.74, 6) is 2.32. The number of benzene rings is 2. The number of hydrogen-bond donors (Lipinski definition) is 1. The molecule has 41 heavy (non-hydrogen) atoms. The van der Waals surface area contributed by atoms with Gasteiger partial charge in [-0.2, -0.15) is 0 Å². The van der Waals surface area contributed by atoms with Crippen LogP contribution >= 0.6 is 0 Å². The van der Waals surface area contributed by atoms with Crippen LogP contribution in [0.5, 0.6) is 17.2 Å².